The average Bonchev–Trinajstić information content (AvgIpc) is 2.68. The molecule has 0 aromatic heterocycles. The molecule has 2 amide bonds. The van der Waals surface area contributed by atoms with Crippen LogP contribution < -0.4 is 10.6 Å². The predicted molar refractivity (Wildman–Crippen MR) is 131 cm³/mol. The molecule has 2 atom stereocenters. The maximum absolute atomic E-state index is 13.0. The van der Waals surface area contributed by atoms with Gasteiger partial charge in [-0.25, -0.2) is 8.78 Å². The molecular formula is C21H19BrF5IN2O2S. The van der Waals surface area contributed by atoms with E-state index in [0.29, 0.717) is 9.32 Å². The molecule has 0 saturated carbocycles. The van der Waals surface area contributed by atoms with Gasteiger partial charge in [-0.1, -0.05) is 12.1 Å². The zero-order valence-corrected chi connectivity index (χ0v) is 21.8. The largest absolute Gasteiger partial charge is 0.401 e. The van der Waals surface area contributed by atoms with Gasteiger partial charge in [0.1, 0.15) is 5.92 Å². The number of thioether (sulfide) groups is 1. The van der Waals surface area contributed by atoms with Crippen molar-refractivity contribution < 1.29 is 31.5 Å². The van der Waals surface area contributed by atoms with Crippen LogP contribution in [0.1, 0.15) is 39.1 Å². The third-order valence-corrected chi connectivity index (χ3v) is 6.87. The molecule has 0 spiro atoms. The highest BCUT2D eigenvalue weighted by Crippen LogP contribution is 2.41. The Balaban J connectivity index is 2.32. The monoisotopic (exact) mass is 664 g/mol. The van der Waals surface area contributed by atoms with Crippen LogP contribution in [0.15, 0.2) is 40.9 Å². The Morgan fingerprint density at radius 3 is 2.36 bits per heavy atom. The van der Waals surface area contributed by atoms with Gasteiger partial charge in [0.25, 0.3) is 18.2 Å². The molecule has 0 fully saturated rings. The van der Waals surface area contributed by atoms with Crippen molar-refractivity contribution in [3.05, 3.63) is 61.1 Å². The van der Waals surface area contributed by atoms with Gasteiger partial charge < -0.3 is 10.6 Å². The summed E-state index contributed by atoms with van der Waals surface area (Å²) in [6, 6.07) is 7.45. The van der Waals surface area contributed by atoms with Crippen LogP contribution in [0.5, 0.6) is 0 Å². The van der Waals surface area contributed by atoms with E-state index in [1.165, 1.54) is 6.07 Å². The van der Waals surface area contributed by atoms with Gasteiger partial charge in [-0.15, -0.1) is 0 Å². The smallest absolute Gasteiger partial charge is 0.349 e. The summed E-state index contributed by atoms with van der Waals surface area (Å²) in [4.78, 5) is 25.7. The number of halogens is 7. The number of rotatable bonds is 8. The second kappa shape index (κ2) is 11.8. The topological polar surface area (TPSA) is 58.2 Å². The molecule has 2 aromatic carbocycles. The van der Waals surface area contributed by atoms with Crippen LogP contribution in [0.25, 0.3) is 0 Å². The Morgan fingerprint density at radius 1 is 1.15 bits per heavy atom. The molecule has 33 heavy (non-hydrogen) atoms. The fraction of sp³-hybridized carbons (Fsp3) is 0.333. The Hall–Kier alpha value is -1.41. The van der Waals surface area contributed by atoms with Crippen molar-refractivity contribution in [3.63, 3.8) is 0 Å². The van der Waals surface area contributed by atoms with E-state index in [0.717, 1.165) is 18.2 Å². The molecule has 1 unspecified atom stereocenters. The van der Waals surface area contributed by atoms with Crippen molar-refractivity contribution in [1.82, 2.24) is 5.32 Å². The summed E-state index contributed by atoms with van der Waals surface area (Å²) in [7, 11) is 0. The van der Waals surface area contributed by atoms with Gasteiger partial charge in [0.15, 0.2) is 0 Å². The molecule has 12 heteroatoms. The van der Waals surface area contributed by atoms with Gasteiger partial charge in [-0.3, -0.25) is 9.59 Å². The molecular weight excluding hydrogens is 646 g/mol. The minimum absolute atomic E-state index is 0.00604. The van der Waals surface area contributed by atoms with Crippen LogP contribution in [-0.2, 0) is 0 Å². The number of amides is 2. The lowest BCUT2D eigenvalue weighted by atomic mass is 9.98. The molecule has 4 nitrogen and oxygen atoms in total. The number of nitrogens with one attached hydrogen (secondary N) is 2. The quantitative estimate of drug-likeness (QED) is 0.244. The predicted octanol–water partition coefficient (Wildman–Crippen LogP) is 6.70. The van der Waals surface area contributed by atoms with E-state index in [2.05, 4.69) is 26.6 Å². The average molecular weight is 665 g/mol. The maximum atomic E-state index is 13.0. The summed E-state index contributed by atoms with van der Waals surface area (Å²) in [5.41, 5.74) is -0.349. The summed E-state index contributed by atoms with van der Waals surface area (Å²) in [5.74, 6) is -3.39. The second-order valence-corrected chi connectivity index (χ2v) is 9.97. The number of anilines is 1. The van der Waals surface area contributed by atoms with Crippen LogP contribution in [0.3, 0.4) is 0 Å². The van der Waals surface area contributed by atoms with E-state index in [1.54, 1.807) is 23.9 Å². The fourth-order valence-electron chi connectivity index (χ4n) is 3.02. The fourth-order valence-corrected chi connectivity index (χ4v) is 4.85. The molecule has 2 rings (SSSR count). The van der Waals surface area contributed by atoms with Crippen LogP contribution >= 0.6 is 50.3 Å². The normalized spacial score (nSPS) is 13.5. The van der Waals surface area contributed by atoms with Gasteiger partial charge >= 0.3 is 6.18 Å². The van der Waals surface area contributed by atoms with Gasteiger partial charge in [0.05, 0.1) is 16.8 Å². The standard InChI is InChI=1S/C21H19BrF5IN2O2S/c1-10(9-33-2)29-20(32)16-12(4-3-5-14(16)28)19(31)30-15-7-6-11(8-13(15)22)17(18(23)24)21(25,26)27/h3-8,10,17-18H,9H2,1-2H3,(H,29,32)(H,30,31)/t10-,17?/m0/s1. The first-order valence-corrected chi connectivity index (χ1v) is 12.7. The lowest BCUT2D eigenvalue weighted by Gasteiger charge is -2.21. The maximum Gasteiger partial charge on any atom is 0.401 e. The van der Waals surface area contributed by atoms with Gasteiger partial charge in [0, 0.05) is 19.8 Å². The Bertz CT molecular complexity index is 1020. The van der Waals surface area contributed by atoms with Crippen molar-refractivity contribution >= 4 is 67.8 Å². The van der Waals surface area contributed by atoms with Crippen molar-refractivity contribution in [2.24, 2.45) is 0 Å². The van der Waals surface area contributed by atoms with E-state index in [1.807, 2.05) is 35.8 Å². The molecule has 0 radical (unpaired) electrons. The first-order chi connectivity index (χ1) is 15.4. The van der Waals surface area contributed by atoms with E-state index < -0.39 is 35.9 Å². The first kappa shape index (κ1) is 27.8. The van der Waals surface area contributed by atoms with Crippen molar-refractivity contribution in [1.29, 1.82) is 0 Å². The van der Waals surface area contributed by atoms with Gasteiger partial charge in [0.2, 0.25) is 0 Å². The number of carbonyl (C=O) groups excluding carboxylic acids is 2. The van der Waals surface area contributed by atoms with Crippen LogP contribution in [0.2, 0.25) is 0 Å². The molecule has 0 aliphatic rings. The van der Waals surface area contributed by atoms with Crippen LogP contribution in [-0.4, -0.2) is 42.5 Å². The van der Waals surface area contributed by atoms with Crippen molar-refractivity contribution in [2.45, 2.75) is 31.5 Å². The summed E-state index contributed by atoms with van der Waals surface area (Å²) in [6.07, 6.45) is -6.87. The van der Waals surface area contributed by atoms with Crippen molar-refractivity contribution in [2.75, 3.05) is 17.3 Å². The molecule has 0 saturated heterocycles. The number of carbonyl (C=O) groups is 2. The highest BCUT2D eigenvalue weighted by molar-refractivity contribution is 14.1. The second-order valence-electron chi connectivity index (χ2n) is 7.04. The third kappa shape index (κ3) is 7.28. The zero-order chi connectivity index (χ0) is 24.9. The first-order valence-electron chi connectivity index (χ1n) is 9.40. The minimum atomic E-state index is -5.13. The highest BCUT2D eigenvalue weighted by Gasteiger charge is 2.47. The number of hydrogen-bond donors (Lipinski definition) is 2. The number of benzene rings is 2. The Morgan fingerprint density at radius 2 is 1.82 bits per heavy atom. The van der Waals surface area contributed by atoms with Gasteiger partial charge in [-0.05, 0) is 81.5 Å². The van der Waals surface area contributed by atoms with E-state index >= 15 is 0 Å². The summed E-state index contributed by atoms with van der Waals surface area (Å²) >= 11 is 6.52. The molecule has 0 aliphatic heterocycles. The molecule has 2 N–H and O–H groups in total. The zero-order valence-electron chi connectivity index (χ0n) is 17.3. The van der Waals surface area contributed by atoms with Crippen LogP contribution in [0.4, 0.5) is 27.6 Å². The van der Waals surface area contributed by atoms with Crippen molar-refractivity contribution in [3.8, 4) is 0 Å². The van der Waals surface area contributed by atoms with Gasteiger partial charge in [-0.2, -0.15) is 24.9 Å². The van der Waals surface area contributed by atoms with Crippen LogP contribution in [0, 0.1) is 3.57 Å². The lowest BCUT2D eigenvalue weighted by molar-refractivity contribution is -0.178. The molecule has 180 valence electrons. The summed E-state index contributed by atoms with van der Waals surface area (Å²) < 4.78 is 65.6. The Labute approximate surface area is 213 Å². The number of alkyl halides is 5. The minimum Gasteiger partial charge on any atom is -0.349 e. The lowest BCUT2D eigenvalue weighted by Crippen LogP contribution is -2.36. The van der Waals surface area contributed by atoms with E-state index in [9.17, 15) is 31.5 Å². The number of hydrogen-bond acceptors (Lipinski definition) is 3. The molecule has 0 aliphatic carbocycles. The highest BCUT2D eigenvalue weighted by atomic mass is 127. The van der Waals surface area contributed by atoms with E-state index in [4.69, 9.17) is 0 Å². The molecule has 0 heterocycles. The summed E-state index contributed by atoms with van der Waals surface area (Å²) in [5, 5.41) is 5.34. The van der Waals surface area contributed by atoms with E-state index in [-0.39, 0.29) is 27.3 Å². The third-order valence-electron chi connectivity index (χ3n) is 4.48. The summed E-state index contributed by atoms with van der Waals surface area (Å²) in [6.45, 7) is 1.83. The molecule has 0 bridgehead atoms. The SMILES string of the molecule is CSC[C@H](C)NC(=O)c1c(I)cccc1C(=O)Nc1ccc(C(C(F)F)C(F)(F)F)cc1Br. The Kier molecular flexibility index (Phi) is 9.97. The molecule has 2 aromatic rings.